The van der Waals surface area contributed by atoms with Crippen LogP contribution in [0.1, 0.15) is 26.3 Å². The molecule has 1 aliphatic rings. The van der Waals surface area contributed by atoms with Crippen LogP contribution < -0.4 is 15.8 Å². The summed E-state index contributed by atoms with van der Waals surface area (Å²) >= 11 is 0. The number of halogens is 2. The Morgan fingerprint density at radius 2 is 2.00 bits per heavy atom. The van der Waals surface area contributed by atoms with Gasteiger partial charge in [-0.25, -0.2) is 13.8 Å². The molecule has 0 spiro atoms. The molecule has 26 heavy (non-hydrogen) atoms. The molecule has 0 saturated carbocycles. The van der Waals surface area contributed by atoms with Crippen molar-refractivity contribution in [3.05, 3.63) is 34.2 Å². The molecule has 1 heterocycles. The van der Waals surface area contributed by atoms with Crippen molar-refractivity contribution in [1.29, 1.82) is 0 Å². The molecule has 144 valence electrons. The molecular weight excluding hydrogens is 334 g/mol. The van der Waals surface area contributed by atoms with Crippen molar-refractivity contribution in [2.24, 2.45) is 4.99 Å². The van der Waals surface area contributed by atoms with Gasteiger partial charge in [0, 0.05) is 62.7 Å². The molecule has 4 nitrogen and oxygen atoms in total. The maximum atomic E-state index is 13.8. The van der Waals surface area contributed by atoms with Crippen LogP contribution in [0.3, 0.4) is 0 Å². The van der Waals surface area contributed by atoms with Gasteiger partial charge in [0.25, 0.3) is 5.92 Å². The van der Waals surface area contributed by atoms with Gasteiger partial charge in [-0.2, -0.15) is 0 Å². The first-order valence-corrected chi connectivity index (χ1v) is 9.09. The Morgan fingerprint density at radius 1 is 1.35 bits per heavy atom. The molecule has 1 aromatic rings. The minimum atomic E-state index is -2.93. The summed E-state index contributed by atoms with van der Waals surface area (Å²) in [6.07, 6.45) is 1.67. The molecule has 0 aliphatic carbocycles. The van der Waals surface area contributed by atoms with E-state index < -0.39 is 5.92 Å². The molecule has 0 amide bonds. The van der Waals surface area contributed by atoms with Crippen molar-refractivity contribution in [2.45, 2.75) is 32.7 Å². The predicted molar refractivity (Wildman–Crippen MR) is 105 cm³/mol. The lowest BCUT2D eigenvalue weighted by Crippen LogP contribution is -2.49. The number of aliphatic imine (C=N–C) groups is 1. The number of alkyl halides is 2. The van der Waals surface area contributed by atoms with Gasteiger partial charge in [-0.05, 0) is 26.1 Å². The Morgan fingerprint density at radius 3 is 2.58 bits per heavy atom. The van der Waals surface area contributed by atoms with E-state index in [0.29, 0.717) is 16.3 Å². The molecule has 1 saturated heterocycles. The number of hydrogen-bond donors (Lipinski definition) is 1. The van der Waals surface area contributed by atoms with E-state index in [1.807, 2.05) is 6.92 Å². The minimum Gasteiger partial charge on any atom is -0.366 e. The maximum absolute atomic E-state index is 13.8. The Kier molecular flexibility index (Phi) is 6.89. The maximum Gasteiger partial charge on any atom is 0.271 e. The average molecular weight is 364 g/mol. The van der Waals surface area contributed by atoms with Crippen molar-refractivity contribution in [1.82, 2.24) is 15.1 Å². The van der Waals surface area contributed by atoms with E-state index in [-0.39, 0.29) is 11.6 Å². The summed E-state index contributed by atoms with van der Waals surface area (Å²) in [6, 6.07) is 4.99. The largest absolute Gasteiger partial charge is 0.366 e. The van der Waals surface area contributed by atoms with Crippen molar-refractivity contribution in [2.75, 3.05) is 39.8 Å². The van der Waals surface area contributed by atoms with Crippen molar-refractivity contribution in [3.8, 4) is 0 Å². The first-order chi connectivity index (χ1) is 12.2. The highest BCUT2D eigenvalue weighted by molar-refractivity contribution is 5.62. The standard InChI is InChI=1S/C20H30F2N4/c1-6-23-19(17-8-7-9-18(16(17)3)20(4,21)22)24-15(2)14-26-12-10-25(5)11-13-26/h6-9,15,24H,3,10-14H2,1-2,4-5H3/b19-17+,23-6-. The Hall–Kier alpha value is -1.79. The summed E-state index contributed by atoms with van der Waals surface area (Å²) in [6.45, 7) is 13.8. The van der Waals surface area contributed by atoms with Gasteiger partial charge in [0.1, 0.15) is 5.82 Å². The zero-order chi connectivity index (χ0) is 19.3. The average Bonchev–Trinajstić information content (AvgIpc) is 2.56. The van der Waals surface area contributed by atoms with E-state index in [4.69, 9.17) is 0 Å². The topological polar surface area (TPSA) is 30.9 Å². The smallest absolute Gasteiger partial charge is 0.271 e. The van der Waals surface area contributed by atoms with Crippen LogP contribution in [0.25, 0.3) is 12.4 Å². The summed E-state index contributed by atoms with van der Waals surface area (Å²) in [4.78, 5) is 9.12. The van der Waals surface area contributed by atoms with Crippen molar-refractivity contribution < 1.29 is 8.78 Å². The highest BCUT2D eigenvalue weighted by Gasteiger charge is 2.25. The van der Waals surface area contributed by atoms with E-state index in [9.17, 15) is 8.78 Å². The molecule has 0 aromatic heterocycles. The zero-order valence-corrected chi connectivity index (χ0v) is 16.2. The van der Waals surface area contributed by atoms with Crippen molar-refractivity contribution >= 4 is 18.6 Å². The molecule has 2 rings (SSSR count). The number of benzene rings is 1. The second-order valence-corrected chi connectivity index (χ2v) is 7.11. The molecule has 1 unspecified atom stereocenters. The highest BCUT2D eigenvalue weighted by atomic mass is 19.3. The second kappa shape index (κ2) is 8.73. The lowest BCUT2D eigenvalue weighted by Gasteiger charge is -2.34. The monoisotopic (exact) mass is 364 g/mol. The van der Waals surface area contributed by atoms with Gasteiger partial charge in [-0.15, -0.1) is 0 Å². The molecule has 1 N–H and O–H groups in total. The summed E-state index contributed by atoms with van der Waals surface area (Å²) < 4.78 is 27.7. The second-order valence-electron chi connectivity index (χ2n) is 7.11. The fourth-order valence-electron chi connectivity index (χ4n) is 3.23. The molecular formula is C20H30F2N4. The normalized spacial score (nSPS) is 19.6. The van der Waals surface area contributed by atoms with Crippen LogP contribution in [0.15, 0.2) is 23.2 Å². The SMILES string of the molecule is C=c1c(C(C)(F)F)ccc/c1=C(/N=C\C)NC(C)CN1CCN(C)CC1. The summed E-state index contributed by atoms with van der Waals surface area (Å²) in [5.74, 6) is -2.34. The van der Waals surface area contributed by atoms with Crippen LogP contribution in [0, 0.1) is 0 Å². The summed E-state index contributed by atoms with van der Waals surface area (Å²) in [7, 11) is 2.13. The van der Waals surface area contributed by atoms with Crippen LogP contribution in [0.4, 0.5) is 8.78 Å². The Labute approximate surface area is 154 Å². The first kappa shape index (κ1) is 20.5. The van der Waals surface area contributed by atoms with Crippen LogP contribution in [-0.4, -0.2) is 61.8 Å². The number of hydrogen-bond acceptors (Lipinski definition) is 4. The molecule has 6 heteroatoms. The fourth-order valence-corrected chi connectivity index (χ4v) is 3.23. The third-order valence-corrected chi connectivity index (χ3v) is 4.67. The summed E-state index contributed by atoms with van der Waals surface area (Å²) in [5.41, 5.74) is -0.0627. The van der Waals surface area contributed by atoms with Crippen molar-refractivity contribution in [3.63, 3.8) is 0 Å². The third kappa shape index (κ3) is 5.35. The van der Waals surface area contributed by atoms with Gasteiger partial charge in [0.05, 0.1) is 0 Å². The summed E-state index contributed by atoms with van der Waals surface area (Å²) in [5, 5.41) is 4.33. The minimum absolute atomic E-state index is 0.0627. The quantitative estimate of drug-likeness (QED) is 0.778. The molecule has 1 aromatic carbocycles. The van der Waals surface area contributed by atoms with Gasteiger partial charge in [0.15, 0.2) is 0 Å². The Balaban J connectivity index is 2.26. The lowest BCUT2D eigenvalue weighted by molar-refractivity contribution is 0.0164. The van der Waals surface area contributed by atoms with E-state index >= 15 is 0 Å². The molecule has 1 fully saturated rings. The molecule has 1 aliphatic heterocycles. The van der Waals surface area contributed by atoms with E-state index in [2.05, 4.69) is 40.7 Å². The molecule has 1 atom stereocenters. The van der Waals surface area contributed by atoms with Crippen LogP contribution in [-0.2, 0) is 5.92 Å². The van der Waals surface area contributed by atoms with Crippen LogP contribution in [0.2, 0.25) is 0 Å². The number of piperazine rings is 1. The number of likely N-dealkylation sites (N-methyl/N-ethyl adjacent to an activating group) is 1. The van der Waals surface area contributed by atoms with Gasteiger partial charge < -0.3 is 10.2 Å². The number of nitrogens with zero attached hydrogens (tertiary/aromatic N) is 3. The highest BCUT2D eigenvalue weighted by Crippen LogP contribution is 2.22. The Bertz CT molecular complexity index is 731. The van der Waals surface area contributed by atoms with E-state index in [1.54, 1.807) is 18.3 Å². The van der Waals surface area contributed by atoms with Gasteiger partial charge in [-0.3, -0.25) is 4.90 Å². The molecule has 0 bridgehead atoms. The van der Waals surface area contributed by atoms with Crippen LogP contribution >= 0.6 is 0 Å². The van der Waals surface area contributed by atoms with E-state index in [0.717, 1.165) is 39.6 Å². The van der Waals surface area contributed by atoms with Crippen LogP contribution in [0.5, 0.6) is 0 Å². The van der Waals surface area contributed by atoms with E-state index in [1.165, 1.54) is 6.07 Å². The van der Waals surface area contributed by atoms with Gasteiger partial charge >= 0.3 is 0 Å². The lowest BCUT2D eigenvalue weighted by atomic mass is 10.1. The predicted octanol–water partition coefficient (Wildman–Crippen LogP) is 1.59. The molecule has 0 radical (unpaired) electrons. The van der Waals surface area contributed by atoms with Gasteiger partial charge in [0.2, 0.25) is 0 Å². The number of rotatable bonds is 6. The number of nitrogens with one attached hydrogen (secondary N) is 1. The third-order valence-electron chi connectivity index (χ3n) is 4.67. The first-order valence-electron chi connectivity index (χ1n) is 9.09. The fraction of sp³-hybridized carbons (Fsp3) is 0.550. The van der Waals surface area contributed by atoms with Gasteiger partial charge in [-0.1, -0.05) is 24.8 Å². The zero-order valence-electron chi connectivity index (χ0n) is 16.2.